The fourth-order valence-corrected chi connectivity index (χ4v) is 2.54. The van der Waals surface area contributed by atoms with Crippen LogP contribution in [0.2, 0.25) is 0 Å². The Hall–Kier alpha value is -1.10. The maximum atomic E-state index is 5.58. The molecule has 1 N–H and O–H groups in total. The lowest BCUT2D eigenvalue weighted by Gasteiger charge is -2.33. The lowest BCUT2D eigenvalue weighted by molar-refractivity contribution is -0.0208. The second-order valence-electron chi connectivity index (χ2n) is 5.06. The van der Waals surface area contributed by atoms with Crippen molar-refractivity contribution in [2.75, 3.05) is 40.4 Å². The molecule has 2 unspecified atom stereocenters. The lowest BCUT2D eigenvalue weighted by atomic mass is 10.1. The smallest absolute Gasteiger partial charge is 0.119 e. The third kappa shape index (κ3) is 3.93. The molecule has 1 heterocycles. The summed E-state index contributed by atoms with van der Waals surface area (Å²) >= 11 is 0. The van der Waals surface area contributed by atoms with Gasteiger partial charge in [-0.25, -0.2) is 0 Å². The van der Waals surface area contributed by atoms with Gasteiger partial charge in [-0.2, -0.15) is 0 Å². The van der Waals surface area contributed by atoms with Gasteiger partial charge in [-0.1, -0.05) is 12.1 Å². The predicted molar refractivity (Wildman–Crippen MR) is 76.6 cm³/mol. The molecule has 1 aliphatic heterocycles. The molecule has 0 radical (unpaired) electrons. The maximum Gasteiger partial charge on any atom is 0.119 e. The molecule has 0 saturated carbocycles. The van der Waals surface area contributed by atoms with Crippen LogP contribution in [0, 0.1) is 0 Å². The number of hydrogen-bond donors (Lipinski definition) is 1. The van der Waals surface area contributed by atoms with E-state index in [1.807, 2.05) is 19.2 Å². The van der Waals surface area contributed by atoms with E-state index in [1.54, 1.807) is 7.11 Å². The molecule has 2 rings (SSSR count). The minimum Gasteiger partial charge on any atom is -0.497 e. The molecule has 106 valence electrons. The highest BCUT2D eigenvalue weighted by molar-refractivity contribution is 5.30. The van der Waals surface area contributed by atoms with E-state index in [9.17, 15) is 0 Å². The monoisotopic (exact) mass is 264 g/mol. The molecule has 4 nitrogen and oxygen atoms in total. The van der Waals surface area contributed by atoms with Crippen molar-refractivity contribution in [3.05, 3.63) is 29.8 Å². The first-order valence-electron chi connectivity index (χ1n) is 6.88. The lowest BCUT2D eigenvalue weighted by Crippen LogP contribution is -2.44. The van der Waals surface area contributed by atoms with Crippen LogP contribution < -0.4 is 10.1 Å². The van der Waals surface area contributed by atoms with Crippen molar-refractivity contribution < 1.29 is 9.47 Å². The van der Waals surface area contributed by atoms with Crippen LogP contribution in [0.25, 0.3) is 0 Å². The summed E-state index contributed by atoms with van der Waals surface area (Å²) in [4.78, 5) is 2.45. The number of rotatable bonds is 5. The Morgan fingerprint density at radius 3 is 3.05 bits per heavy atom. The number of hydrogen-bond acceptors (Lipinski definition) is 4. The van der Waals surface area contributed by atoms with Crippen LogP contribution in [-0.2, 0) is 4.74 Å². The summed E-state index contributed by atoms with van der Waals surface area (Å²) < 4.78 is 10.9. The van der Waals surface area contributed by atoms with Gasteiger partial charge in [-0.05, 0) is 31.7 Å². The Bertz CT molecular complexity index is 397. The molecule has 1 aliphatic rings. The van der Waals surface area contributed by atoms with E-state index in [1.165, 1.54) is 5.56 Å². The molecule has 19 heavy (non-hydrogen) atoms. The standard InChI is InChI=1S/C15H24N2O2/c1-12-10-17(7-8-19-12)11-15(16-2)13-5-4-6-14(9-13)18-3/h4-6,9,12,15-16H,7-8,10-11H2,1-3H3. The van der Waals surface area contributed by atoms with Crippen LogP contribution >= 0.6 is 0 Å². The fraction of sp³-hybridized carbons (Fsp3) is 0.600. The van der Waals surface area contributed by atoms with E-state index >= 15 is 0 Å². The van der Waals surface area contributed by atoms with Gasteiger partial charge in [0, 0.05) is 25.7 Å². The summed E-state index contributed by atoms with van der Waals surface area (Å²) in [7, 11) is 3.71. The van der Waals surface area contributed by atoms with Gasteiger partial charge in [0.05, 0.1) is 19.8 Å². The molecule has 0 aliphatic carbocycles. The first-order valence-corrected chi connectivity index (χ1v) is 6.88. The van der Waals surface area contributed by atoms with Crippen molar-refractivity contribution in [3.63, 3.8) is 0 Å². The van der Waals surface area contributed by atoms with Crippen molar-refractivity contribution >= 4 is 0 Å². The fourth-order valence-electron chi connectivity index (χ4n) is 2.54. The van der Waals surface area contributed by atoms with Gasteiger partial charge in [0.2, 0.25) is 0 Å². The van der Waals surface area contributed by atoms with Gasteiger partial charge in [-0.15, -0.1) is 0 Å². The second-order valence-corrected chi connectivity index (χ2v) is 5.06. The molecule has 4 heteroatoms. The normalized spacial score (nSPS) is 22.2. The zero-order valence-electron chi connectivity index (χ0n) is 12.1. The minimum absolute atomic E-state index is 0.320. The number of morpholine rings is 1. The van der Waals surface area contributed by atoms with Gasteiger partial charge in [0.15, 0.2) is 0 Å². The molecule has 0 amide bonds. The summed E-state index contributed by atoms with van der Waals surface area (Å²) in [5, 5.41) is 3.39. The molecule has 2 atom stereocenters. The topological polar surface area (TPSA) is 33.7 Å². The maximum absolute atomic E-state index is 5.58. The van der Waals surface area contributed by atoms with Gasteiger partial charge in [0.1, 0.15) is 5.75 Å². The molecular weight excluding hydrogens is 240 g/mol. The zero-order chi connectivity index (χ0) is 13.7. The Labute approximate surface area is 115 Å². The van der Waals surface area contributed by atoms with Crippen molar-refractivity contribution in [2.45, 2.75) is 19.1 Å². The number of benzene rings is 1. The van der Waals surface area contributed by atoms with Gasteiger partial charge in [0.25, 0.3) is 0 Å². The van der Waals surface area contributed by atoms with E-state index in [0.29, 0.717) is 12.1 Å². The van der Waals surface area contributed by atoms with E-state index in [2.05, 4.69) is 29.3 Å². The minimum atomic E-state index is 0.320. The highest BCUT2D eigenvalue weighted by atomic mass is 16.5. The predicted octanol–water partition coefficient (Wildman–Crippen LogP) is 1.68. The first kappa shape index (κ1) is 14.3. The van der Waals surface area contributed by atoms with Gasteiger partial charge < -0.3 is 14.8 Å². The van der Waals surface area contributed by atoms with Gasteiger partial charge >= 0.3 is 0 Å². The summed E-state index contributed by atoms with van der Waals surface area (Å²) in [6.07, 6.45) is 0.330. The summed E-state index contributed by atoms with van der Waals surface area (Å²) in [5.74, 6) is 0.910. The van der Waals surface area contributed by atoms with E-state index < -0.39 is 0 Å². The van der Waals surface area contributed by atoms with E-state index in [0.717, 1.165) is 32.0 Å². The van der Waals surface area contributed by atoms with E-state index in [4.69, 9.17) is 9.47 Å². The Morgan fingerprint density at radius 2 is 2.37 bits per heavy atom. The van der Waals surface area contributed by atoms with E-state index in [-0.39, 0.29) is 0 Å². The molecule has 1 fully saturated rings. The zero-order valence-corrected chi connectivity index (χ0v) is 12.1. The molecule has 1 aromatic carbocycles. The Balaban J connectivity index is 2.02. The number of nitrogens with one attached hydrogen (secondary N) is 1. The van der Waals surface area contributed by atoms with Crippen molar-refractivity contribution in [1.82, 2.24) is 10.2 Å². The summed E-state index contributed by atoms with van der Waals surface area (Å²) in [5.41, 5.74) is 1.26. The highest BCUT2D eigenvalue weighted by Crippen LogP contribution is 2.20. The third-order valence-corrected chi connectivity index (χ3v) is 3.61. The number of nitrogens with zero attached hydrogens (tertiary/aromatic N) is 1. The molecule has 0 aromatic heterocycles. The number of methoxy groups -OCH3 is 1. The molecule has 1 saturated heterocycles. The molecule has 0 bridgehead atoms. The average Bonchev–Trinajstić information content (AvgIpc) is 2.45. The number of likely N-dealkylation sites (N-methyl/N-ethyl adjacent to an activating group) is 1. The Morgan fingerprint density at radius 1 is 1.53 bits per heavy atom. The van der Waals surface area contributed by atoms with Crippen molar-refractivity contribution in [1.29, 1.82) is 0 Å². The van der Waals surface area contributed by atoms with Crippen molar-refractivity contribution in [3.8, 4) is 5.75 Å². The van der Waals surface area contributed by atoms with Crippen LogP contribution in [0.4, 0.5) is 0 Å². The second kappa shape index (κ2) is 6.89. The highest BCUT2D eigenvalue weighted by Gasteiger charge is 2.20. The van der Waals surface area contributed by atoms with Crippen LogP contribution in [0.5, 0.6) is 5.75 Å². The van der Waals surface area contributed by atoms with Gasteiger partial charge in [-0.3, -0.25) is 4.90 Å². The van der Waals surface area contributed by atoms with Crippen LogP contribution in [-0.4, -0.2) is 51.4 Å². The summed E-state index contributed by atoms with van der Waals surface area (Å²) in [6, 6.07) is 8.59. The van der Waals surface area contributed by atoms with Crippen LogP contribution in [0.3, 0.4) is 0 Å². The first-order chi connectivity index (χ1) is 9.22. The summed E-state index contributed by atoms with van der Waals surface area (Å²) in [6.45, 7) is 5.97. The molecular formula is C15H24N2O2. The third-order valence-electron chi connectivity index (χ3n) is 3.61. The van der Waals surface area contributed by atoms with Crippen LogP contribution in [0.15, 0.2) is 24.3 Å². The average molecular weight is 264 g/mol. The molecule has 1 aromatic rings. The molecule has 0 spiro atoms. The number of ether oxygens (including phenoxy) is 2. The SMILES string of the molecule is CNC(CN1CCOC(C)C1)c1cccc(OC)c1. The van der Waals surface area contributed by atoms with Crippen molar-refractivity contribution in [2.24, 2.45) is 0 Å². The quantitative estimate of drug-likeness (QED) is 0.877. The Kier molecular flexibility index (Phi) is 5.19. The largest absolute Gasteiger partial charge is 0.497 e. The van der Waals surface area contributed by atoms with Crippen LogP contribution in [0.1, 0.15) is 18.5 Å².